The van der Waals surface area contributed by atoms with E-state index in [2.05, 4.69) is 24.4 Å². The van der Waals surface area contributed by atoms with E-state index in [1.54, 1.807) is 0 Å². The summed E-state index contributed by atoms with van der Waals surface area (Å²) in [6.07, 6.45) is 9.32. The van der Waals surface area contributed by atoms with Gasteiger partial charge in [-0.25, -0.2) is 0 Å². The Morgan fingerprint density at radius 3 is 2.43 bits per heavy atom. The molecule has 0 spiro atoms. The summed E-state index contributed by atoms with van der Waals surface area (Å²) in [7, 11) is 0. The maximum atomic E-state index is 12.4. The molecule has 23 heavy (non-hydrogen) atoms. The number of amides is 1. The van der Waals surface area contributed by atoms with E-state index in [1.165, 1.54) is 37.7 Å². The van der Waals surface area contributed by atoms with Crippen molar-refractivity contribution in [2.45, 2.75) is 70.6 Å². The summed E-state index contributed by atoms with van der Waals surface area (Å²) in [4.78, 5) is 12.4. The quantitative estimate of drug-likeness (QED) is 0.627. The van der Waals surface area contributed by atoms with Crippen LogP contribution in [-0.2, 0) is 11.2 Å². The normalized spacial score (nSPS) is 22.6. The largest absolute Gasteiger partial charge is 0.326 e. The number of anilines is 1. The average Bonchev–Trinajstić information content (AvgIpc) is 2.54. The van der Waals surface area contributed by atoms with Crippen molar-refractivity contribution in [1.29, 1.82) is 0 Å². The summed E-state index contributed by atoms with van der Waals surface area (Å²) in [5.74, 6) is 1.23. The zero-order valence-electron chi connectivity index (χ0n) is 14.5. The summed E-state index contributed by atoms with van der Waals surface area (Å²) in [5.41, 5.74) is 2.11. The van der Waals surface area contributed by atoms with E-state index in [-0.39, 0.29) is 17.2 Å². The van der Waals surface area contributed by atoms with Gasteiger partial charge >= 0.3 is 0 Å². The van der Waals surface area contributed by atoms with Crippen LogP contribution in [0.5, 0.6) is 0 Å². The summed E-state index contributed by atoms with van der Waals surface area (Å²) in [5, 5.41) is 3.22. The highest BCUT2D eigenvalue weighted by Gasteiger charge is 2.25. The molecule has 1 N–H and O–H groups in total. The van der Waals surface area contributed by atoms with Crippen LogP contribution < -0.4 is 5.32 Å². The fourth-order valence-corrected chi connectivity index (χ4v) is 3.68. The van der Waals surface area contributed by atoms with Crippen molar-refractivity contribution in [3.05, 3.63) is 29.8 Å². The molecule has 1 atom stereocenters. The van der Waals surface area contributed by atoms with Gasteiger partial charge in [-0.15, -0.1) is 11.6 Å². The third-order valence-electron chi connectivity index (χ3n) is 4.92. The van der Waals surface area contributed by atoms with E-state index in [4.69, 9.17) is 11.6 Å². The lowest BCUT2D eigenvalue weighted by molar-refractivity contribution is -0.121. The Kier molecular flexibility index (Phi) is 7.42. The molecule has 1 aromatic carbocycles. The monoisotopic (exact) mass is 335 g/mol. The number of hydrogen-bond acceptors (Lipinski definition) is 1. The Hall–Kier alpha value is -1.02. The van der Waals surface area contributed by atoms with Crippen LogP contribution in [0.25, 0.3) is 0 Å². The minimum Gasteiger partial charge on any atom is -0.326 e. The van der Waals surface area contributed by atoms with Crippen molar-refractivity contribution in [3.8, 4) is 0 Å². The van der Waals surface area contributed by atoms with Crippen LogP contribution in [0, 0.1) is 11.8 Å². The van der Waals surface area contributed by atoms with Crippen LogP contribution in [0.2, 0.25) is 0 Å². The molecule has 1 aliphatic carbocycles. The average molecular weight is 336 g/mol. The lowest BCUT2D eigenvalue weighted by Crippen LogP contribution is -2.27. The highest BCUT2D eigenvalue weighted by atomic mass is 35.5. The zero-order valence-corrected chi connectivity index (χ0v) is 15.2. The number of rotatable bonds is 7. The van der Waals surface area contributed by atoms with Crippen LogP contribution in [-0.4, -0.2) is 11.3 Å². The number of nitrogens with one attached hydrogen (secondary N) is 1. The Bertz CT molecular complexity index is 475. The number of halogens is 1. The van der Waals surface area contributed by atoms with Gasteiger partial charge < -0.3 is 5.32 Å². The Morgan fingerprint density at radius 2 is 1.87 bits per heavy atom. The summed E-state index contributed by atoms with van der Waals surface area (Å²) in [6, 6.07) is 8.07. The second-order valence-corrected chi connectivity index (χ2v) is 7.78. The van der Waals surface area contributed by atoms with Crippen LogP contribution in [0.1, 0.15) is 64.4 Å². The first-order chi connectivity index (χ1) is 11.1. The summed E-state index contributed by atoms with van der Waals surface area (Å²) < 4.78 is 0. The molecule has 1 amide bonds. The van der Waals surface area contributed by atoms with Crippen molar-refractivity contribution in [3.63, 3.8) is 0 Å². The van der Waals surface area contributed by atoms with Gasteiger partial charge in [0, 0.05) is 17.0 Å². The van der Waals surface area contributed by atoms with Gasteiger partial charge in [-0.3, -0.25) is 4.79 Å². The van der Waals surface area contributed by atoms with Gasteiger partial charge in [-0.2, -0.15) is 0 Å². The first-order valence-corrected chi connectivity index (χ1v) is 9.56. The van der Waals surface area contributed by atoms with Crippen LogP contribution in [0.15, 0.2) is 24.3 Å². The Balaban J connectivity index is 1.78. The van der Waals surface area contributed by atoms with E-state index in [9.17, 15) is 4.79 Å². The molecule has 1 saturated carbocycles. The second kappa shape index (κ2) is 9.32. The number of benzene rings is 1. The highest BCUT2D eigenvalue weighted by Crippen LogP contribution is 2.32. The van der Waals surface area contributed by atoms with Gasteiger partial charge in [0.05, 0.1) is 0 Å². The molecule has 1 unspecified atom stereocenters. The lowest BCUT2D eigenvalue weighted by atomic mass is 9.79. The van der Waals surface area contributed by atoms with E-state index in [0.717, 1.165) is 30.9 Å². The second-order valence-electron chi connectivity index (χ2n) is 7.03. The van der Waals surface area contributed by atoms with Crippen molar-refractivity contribution in [2.24, 2.45) is 11.8 Å². The molecule has 3 heteroatoms. The maximum Gasteiger partial charge on any atom is 0.227 e. The molecule has 0 heterocycles. The van der Waals surface area contributed by atoms with Gasteiger partial charge in [0.1, 0.15) is 0 Å². The topological polar surface area (TPSA) is 29.1 Å². The number of unbranched alkanes of at least 4 members (excludes halogenated alkanes) is 1. The van der Waals surface area contributed by atoms with Crippen LogP contribution in [0.4, 0.5) is 5.69 Å². The molecule has 0 aliphatic heterocycles. The lowest BCUT2D eigenvalue weighted by Gasteiger charge is -2.27. The molecule has 2 nitrogen and oxygen atoms in total. The number of hydrogen-bond donors (Lipinski definition) is 1. The predicted molar refractivity (Wildman–Crippen MR) is 99.1 cm³/mol. The maximum absolute atomic E-state index is 12.4. The van der Waals surface area contributed by atoms with E-state index < -0.39 is 0 Å². The molecule has 0 radical (unpaired) electrons. The van der Waals surface area contributed by atoms with Gasteiger partial charge in [-0.05, 0) is 62.6 Å². The molecule has 2 rings (SSSR count). The first-order valence-electron chi connectivity index (χ1n) is 9.12. The highest BCUT2D eigenvalue weighted by molar-refractivity contribution is 6.20. The molecule has 0 saturated heterocycles. The van der Waals surface area contributed by atoms with Crippen LogP contribution in [0.3, 0.4) is 0 Å². The first kappa shape index (κ1) is 18.3. The van der Waals surface area contributed by atoms with Crippen LogP contribution >= 0.6 is 11.6 Å². The van der Waals surface area contributed by atoms with E-state index in [1.807, 2.05) is 19.1 Å². The molecule has 0 aromatic heterocycles. The third kappa shape index (κ3) is 6.18. The standard InChI is InChI=1S/C20H30ClNO/c1-3-4-5-16-6-10-18(11-7-16)20(23)22-19-12-8-17(9-13-19)14-15(2)21/h8-9,12-13,15-16,18H,3-7,10-11,14H2,1-2H3,(H,22,23). The van der Waals surface area contributed by atoms with Crippen molar-refractivity contribution in [1.82, 2.24) is 0 Å². The smallest absolute Gasteiger partial charge is 0.227 e. The molecule has 128 valence electrons. The fraction of sp³-hybridized carbons (Fsp3) is 0.650. The predicted octanol–water partition coefficient (Wildman–Crippen LogP) is 5.79. The fourth-order valence-electron chi connectivity index (χ4n) is 3.50. The SMILES string of the molecule is CCCCC1CCC(C(=O)Nc2ccc(CC(C)Cl)cc2)CC1. The third-order valence-corrected chi connectivity index (χ3v) is 5.08. The molecule has 1 aromatic rings. The number of carbonyl (C=O) groups is 1. The Labute approximate surface area is 146 Å². The van der Waals surface area contributed by atoms with Crippen molar-refractivity contribution >= 4 is 23.2 Å². The Morgan fingerprint density at radius 1 is 1.22 bits per heavy atom. The minimum atomic E-state index is 0.137. The molecule has 0 bridgehead atoms. The number of carbonyl (C=O) groups excluding carboxylic acids is 1. The van der Waals surface area contributed by atoms with E-state index >= 15 is 0 Å². The molecular formula is C20H30ClNO. The van der Waals surface area contributed by atoms with Crippen molar-refractivity contribution < 1.29 is 4.79 Å². The van der Waals surface area contributed by atoms with Crippen molar-refractivity contribution in [2.75, 3.05) is 5.32 Å². The van der Waals surface area contributed by atoms with Gasteiger partial charge in [0.15, 0.2) is 0 Å². The molecule has 1 fully saturated rings. The minimum absolute atomic E-state index is 0.137. The van der Waals surface area contributed by atoms with Gasteiger partial charge in [0.2, 0.25) is 5.91 Å². The summed E-state index contributed by atoms with van der Waals surface area (Å²) >= 11 is 6.01. The van der Waals surface area contributed by atoms with Gasteiger partial charge in [-0.1, -0.05) is 38.3 Å². The summed E-state index contributed by atoms with van der Waals surface area (Å²) in [6.45, 7) is 4.24. The van der Waals surface area contributed by atoms with E-state index in [0.29, 0.717) is 0 Å². The number of alkyl halides is 1. The zero-order chi connectivity index (χ0) is 16.7. The molecule has 1 aliphatic rings. The van der Waals surface area contributed by atoms with Gasteiger partial charge in [0.25, 0.3) is 0 Å². The molecular weight excluding hydrogens is 306 g/mol.